The van der Waals surface area contributed by atoms with Crippen LogP contribution in [0.25, 0.3) is 0 Å². The van der Waals surface area contributed by atoms with Gasteiger partial charge in [-0.05, 0) is 49.5 Å². The van der Waals surface area contributed by atoms with Gasteiger partial charge in [0.25, 0.3) is 5.91 Å². The molecule has 1 N–H and O–H groups in total. The normalized spacial score (nSPS) is 15.3. The lowest BCUT2D eigenvalue weighted by molar-refractivity contribution is 0.0932. The molecule has 0 radical (unpaired) electrons. The van der Waals surface area contributed by atoms with E-state index in [-0.39, 0.29) is 5.91 Å². The molecule has 0 spiro atoms. The predicted molar refractivity (Wildman–Crippen MR) is 106 cm³/mol. The van der Waals surface area contributed by atoms with E-state index in [1.807, 2.05) is 0 Å². The summed E-state index contributed by atoms with van der Waals surface area (Å²) in [5.41, 5.74) is 1.90. The Bertz CT molecular complexity index is 740. The topological polar surface area (TPSA) is 50.8 Å². The van der Waals surface area contributed by atoms with Crippen molar-refractivity contribution in [3.05, 3.63) is 59.7 Å². The number of amides is 1. The van der Waals surface area contributed by atoms with Gasteiger partial charge < -0.3 is 14.8 Å². The molecular weight excluding hydrogens is 340 g/mol. The van der Waals surface area contributed by atoms with Crippen molar-refractivity contribution in [3.8, 4) is 11.5 Å². The molecule has 1 fully saturated rings. The first kappa shape index (κ1) is 19.2. The van der Waals surface area contributed by atoms with Crippen LogP contribution in [0.4, 0.5) is 0 Å². The third-order valence-electron chi connectivity index (χ3n) is 5.16. The van der Waals surface area contributed by atoms with Crippen molar-refractivity contribution in [2.75, 3.05) is 33.9 Å². The molecule has 1 aliphatic heterocycles. The van der Waals surface area contributed by atoms with Crippen LogP contribution in [-0.4, -0.2) is 44.7 Å². The third kappa shape index (κ3) is 5.23. The highest BCUT2D eigenvalue weighted by Gasteiger charge is 2.21. The van der Waals surface area contributed by atoms with Crippen LogP contribution in [0.5, 0.6) is 11.5 Å². The average Bonchev–Trinajstić information content (AvgIpc) is 2.73. The fraction of sp³-hybridized carbons (Fsp3) is 0.409. The van der Waals surface area contributed by atoms with Crippen LogP contribution >= 0.6 is 0 Å². The number of carbonyl (C=O) groups is 1. The van der Waals surface area contributed by atoms with Crippen LogP contribution in [0.2, 0.25) is 0 Å². The minimum atomic E-state index is -0.0961. The smallest absolute Gasteiger partial charge is 0.255 e. The van der Waals surface area contributed by atoms with E-state index in [2.05, 4.69) is 40.5 Å². The van der Waals surface area contributed by atoms with Crippen LogP contribution in [-0.2, 0) is 6.54 Å². The van der Waals surface area contributed by atoms with Gasteiger partial charge in [-0.25, -0.2) is 0 Å². The number of ether oxygens (including phenoxy) is 2. The zero-order chi connectivity index (χ0) is 19.1. The standard InChI is InChI=1S/C22H28N2O3/c1-26-19-8-9-20(21(14-19)27-2)22(25)23-15-17-10-12-24(13-11-17)16-18-6-4-3-5-7-18/h3-9,14,17H,10-13,15-16H2,1-2H3,(H,23,25). The monoisotopic (exact) mass is 368 g/mol. The lowest BCUT2D eigenvalue weighted by Gasteiger charge is -2.32. The van der Waals surface area contributed by atoms with E-state index in [0.29, 0.717) is 29.5 Å². The fourth-order valence-electron chi connectivity index (χ4n) is 3.51. The minimum Gasteiger partial charge on any atom is -0.497 e. The Morgan fingerprint density at radius 1 is 1.07 bits per heavy atom. The van der Waals surface area contributed by atoms with E-state index in [1.165, 1.54) is 5.56 Å². The molecule has 0 unspecified atom stereocenters. The molecule has 1 saturated heterocycles. The van der Waals surface area contributed by atoms with Crippen LogP contribution in [0.15, 0.2) is 48.5 Å². The van der Waals surface area contributed by atoms with Crippen LogP contribution in [0.1, 0.15) is 28.8 Å². The van der Waals surface area contributed by atoms with Crippen molar-refractivity contribution in [2.45, 2.75) is 19.4 Å². The summed E-state index contributed by atoms with van der Waals surface area (Å²) < 4.78 is 10.5. The summed E-state index contributed by atoms with van der Waals surface area (Å²) in [6, 6.07) is 15.8. The molecule has 5 nitrogen and oxygen atoms in total. The highest BCUT2D eigenvalue weighted by molar-refractivity contribution is 5.97. The number of rotatable bonds is 7. The summed E-state index contributed by atoms with van der Waals surface area (Å²) in [5.74, 6) is 1.63. The molecule has 1 heterocycles. The zero-order valence-corrected chi connectivity index (χ0v) is 16.1. The third-order valence-corrected chi connectivity index (χ3v) is 5.16. The maximum atomic E-state index is 12.5. The average molecular weight is 368 g/mol. The van der Waals surface area contributed by atoms with Gasteiger partial charge in [0.1, 0.15) is 11.5 Å². The van der Waals surface area contributed by atoms with E-state index in [9.17, 15) is 4.79 Å². The van der Waals surface area contributed by atoms with Gasteiger partial charge in [-0.15, -0.1) is 0 Å². The molecule has 0 aliphatic carbocycles. The van der Waals surface area contributed by atoms with E-state index < -0.39 is 0 Å². The molecule has 0 aromatic heterocycles. The largest absolute Gasteiger partial charge is 0.497 e. The molecule has 1 aliphatic rings. The molecule has 144 valence electrons. The van der Waals surface area contributed by atoms with Gasteiger partial charge in [0.2, 0.25) is 0 Å². The highest BCUT2D eigenvalue weighted by atomic mass is 16.5. The number of hydrogen-bond donors (Lipinski definition) is 1. The summed E-state index contributed by atoms with van der Waals surface area (Å²) in [6.45, 7) is 3.85. The number of methoxy groups -OCH3 is 2. The van der Waals surface area contributed by atoms with Crippen molar-refractivity contribution in [3.63, 3.8) is 0 Å². The Balaban J connectivity index is 1.46. The van der Waals surface area contributed by atoms with Crippen molar-refractivity contribution in [1.82, 2.24) is 10.2 Å². The Morgan fingerprint density at radius 3 is 2.48 bits per heavy atom. The second-order valence-corrected chi connectivity index (χ2v) is 6.98. The molecule has 2 aromatic carbocycles. The first-order valence-electron chi connectivity index (χ1n) is 9.46. The molecule has 1 amide bonds. The number of hydrogen-bond acceptors (Lipinski definition) is 4. The summed E-state index contributed by atoms with van der Waals surface area (Å²) in [5, 5.41) is 3.07. The Labute approximate surface area is 161 Å². The molecule has 27 heavy (non-hydrogen) atoms. The van der Waals surface area contributed by atoms with Crippen LogP contribution in [0.3, 0.4) is 0 Å². The molecule has 0 saturated carbocycles. The van der Waals surface area contributed by atoms with Gasteiger partial charge in [-0.2, -0.15) is 0 Å². The molecule has 3 rings (SSSR count). The Kier molecular flexibility index (Phi) is 6.71. The quantitative estimate of drug-likeness (QED) is 0.814. The Hall–Kier alpha value is -2.53. The number of piperidine rings is 1. The number of benzene rings is 2. The van der Waals surface area contributed by atoms with Gasteiger partial charge in [-0.3, -0.25) is 9.69 Å². The second-order valence-electron chi connectivity index (χ2n) is 6.98. The van der Waals surface area contributed by atoms with Crippen LogP contribution < -0.4 is 14.8 Å². The van der Waals surface area contributed by atoms with Crippen molar-refractivity contribution in [1.29, 1.82) is 0 Å². The number of likely N-dealkylation sites (tertiary alicyclic amines) is 1. The van der Waals surface area contributed by atoms with E-state index in [4.69, 9.17) is 9.47 Å². The number of nitrogens with one attached hydrogen (secondary N) is 1. The molecule has 2 aromatic rings. The van der Waals surface area contributed by atoms with Crippen molar-refractivity contribution >= 4 is 5.91 Å². The first-order valence-corrected chi connectivity index (χ1v) is 9.46. The fourth-order valence-corrected chi connectivity index (χ4v) is 3.51. The van der Waals surface area contributed by atoms with Crippen LogP contribution in [0, 0.1) is 5.92 Å². The summed E-state index contributed by atoms with van der Waals surface area (Å²) in [4.78, 5) is 15.0. The van der Waals surface area contributed by atoms with E-state index in [0.717, 1.165) is 32.5 Å². The second kappa shape index (κ2) is 9.42. The molecule has 0 atom stereocenters. The van der Waals surface area contributed by atoms with Gasteiger partial charge in [0.15, 0.2) is 0 Å². The lowest BCUT2D eigenvalue weighted by Crippen LogP contribution is -2.38. The summed E-state index contributed by atoms with van der Waals surface area (Å²) in [7, 11) is 3.16. The number of carbonyl (C=O) groups excluding carboxylic acids is 1. The van der Waals surface area contributed by atoms with Crippen molar-refractivity contribution < 1.29 is 14.3 Å². The maximum Gasteiger partial charge on any atom is 0.255 e. The van der Waals surface area contributed by atoms with Gasteiger partial charge in [0, 0.05) is 19.2 Å². The molecule has 0 bridgehead atoms. The van der Waals surface area contributed by atoms with Gasteiger partial charge in [0.05, 0.1) is 19.8 Å². The lowest BCUT2D eigenvalue weighted by atomic mass is 9.96. The SMILES string of the molecule is COc1ccc(C(=O)NCC2CCN(Cc3ccccc3)CC2)c(OC)c1. The maximum absolute atomic E-state index is 12.5. The predicted octanol–water partition coefficient (Wildman–Crippen LogP) is 3.35. The first-order chi connectivity index (χ1) is 13.2. The van der Waals surface area contributed by atoms with E-state index >= 15 is 0 Å². The number of nitrogens with zero attached hydrogens (tertiary/aromatic N) is 1. The summed E-state index contributed by atoms with van der Waals surface area (Å²) in [6.07, 6.45) is 2.21. The van der Waals surface area contributed by atoms with Gasteiger partial charge in [-0.1, -0.05) is 30.3 Å². The molecular formula is C22H28N2O3. The van der Waals surface area contributed by atoms with Gasteiger partial charge >= 0.3 is 0 Å². The molecule has 5 heteroatoms. The van der Waals surface area contributed by atoms with E-state index in [1.54, 1.807) is 32.4 Å². The zero-order valence-electron chi connectivity index (χ0n) is 16.1. The minimum absolute atomic E-state index is 0.0961. The highest BCUT2D eigenvalue weighted by Crippen LogP contribution is 2.25. The summed E-state index contributed by atoms with van der Waals surface area (Å²) >= 11 is 0. The van der Waals surface area contributed by atoms with Crippen molar-refractivity contribution in [2.24, 2.45) is 5.92 Å². The Morgan fingerprint density at radius 2 is 1.81 bits per heavy atom.